The van der Waals surface area contributed by atoms with E-state index in [2.05, 4.69) is 5.32 Å². The van der Waals surface area contributed by atoms with Gasteiger partial charge < -0.3 is 19.5 Å². The van der Waals surface area contributed by atoms with Crippen molar-refractivity contribution >= 4 is 11.9 Å². The van der Waals surface area contributed by atoms with Gasteiger partial charge in [-0.25, -0.2) is 4.79 Å². The van der Waals surface area contributed by atoms with Crippen LogP contribution in [0.2, 0.25) is 0 Å². The number of fused-ring (bicyclic) bond motifs is 2. The second kappa shape index (κ2) is 7.33. The lowest BCUT2D eigenvalue weighted by atomic mass is 9.88. The van der Waals surface area contributed by atoms with E-state index in [0.29, 0.717) is 28.9 Å². The van der Waals surface area contributed by atoms with E-state index in [0.717, 1.165) is 19.3 Å². The van der Waals surface area contributed by atoms with Crippen LogP contribution in [-0.2, 0) is 14.3 Å². The number of carbonyl (C=O) groups excluding carboxylic acids is 2. The van der Waals surface area contributed by atoms with Crippen molar-refractivity contribution in [1.82, 2.24) is 5.32 Å². The van der Waals surface area contributed by atoms with E-state index in [4.69, 9.17) is 14.2 Å². The van der Waals surface area contributed by atoms with Crippen molar-refractivity contribution in [1.29, 1.82) is 0 Å². The Hall–Kier alpha value is -2.24. The number of carbonyl (C=O) groups is 2. The van der Waals surface area contributed by atoms with Crippen molar-refractivity contribution in [2.24, 2.45) is 17.8 Å². The van der Waals surface area contributed by atoms with E-state index in [1.807, 2.05) is 0 Å². The molecule has 0 spiro atoms. The highest BCUT2D eigenvalue weighted by atomic mass is 16.5. The molecule has 2 aliphatic rings. The van der Waals surface area contributed by atoms with Gasteiger partial charge in [-0.2, -0.15) is 0 Å². The Balaban J connectivity index is 1.80. The first-order valence-electron chi connectivity index (χ1n) is 8.67. The summed E-state index contributed by atoms with van der Waals surface area (Å²) in [5, 5.41) is 2.89. The molecular weight excluding hydrogens is 322 g/mol. The highest BCUT2D eigenvalue weighted by Crippen LogP contribution is 2.48. The van der Waals surface area contributed by atoms with Crippen LogP contribution in [0, 0.1) is 17.8 Å². The quantitative estimate of drug-likeness (QED) is 0.800. The summed E-state index contributed by atoms with van der Waals surface area (Å²) in [6, 6.07) is 4.30. The van der Waals surface area contributed by atoms with Crippen LogP contribution in [0.15, 0.2) is 18.2 Å². The van der Waals surface area contributed by atoms with E-state index in [-0.39, 0.29) is 11.8 Å². The summed E-state index contributed by atoms with van der Waals surface area (Å²) in [6.45, 7) is 0. The number of hydrogen-bond donors (Lipinski definition) is 1. The third kappa shape index (κ3) is 3.43. The minimum absolute atomic E-state index is 0.00560. The topological polar surface area (TPSA) is 73.9 Å². The summed E-state index contributed by atoms with van der Waals surface area (Å²) < 4.78 is 15.4. The number of esters is 1. The van der Waals surface area contributed by atoms with E-state index in [9.17, 15) is 9.59 Å². The van der Waals surface area contributed by atoms with Gasteiger partial charge in [-0.05, 0) is 48.8 Å². The molecule has 2 saturated carbocycles. The first kappa shape index (κ1) is 17.6. The fourth-order valence-corrected chi connectivity index (χ4v) is 4.24. The zero-order chi connectivity index (χ0) is 18.0. The molecular formula is C19H25NO5. The SMILES string of the molecule is COC(=O)[C@@H](NC(=O)[C@@H]1C[C@H]2CC[C@H]1C2)c1ccc(OC)c(OC)c1. The summed E-state index contributed by atoms with van der Waals surface area (Å²) in [5.74, 6) is 1.64. The average molecular weight is 347 g/mol. The largest absolute Gasteiger partial charge is 0.493 e. The average Bonchev–Trinajstić information content (AvgIpc) is 3.28. The van der Waals surface area contributed by atoms with Gasteiger partial charge >= 0.3 is 5.97 Å². The molecule has 136 valence electrons. The normalized spacial score (nSPS) is 25.3. The van der Waals surface area contributed by atoms with Gasteiger partial charge in [0.1, 0.15) is 0 Å². The van der Waals surface area contributed by atoms with E-state index < -0.39 is 12.0 Å². The van der Waals surface area contributed by atoms with Gasteiger partial charge in [-0.15, -0.1) is 0 Å². The molecule has 0 unspecified atom stereocenters. The fraction of sp³-hybridized carbons (Fsp3) is 0.579. The van der Waals surface area contributed by atoms with Crippen molar-refractivity contribution in [2.45, 2.75) is 31.7 Å². The number of amides is 1. The highest BCUT2D eigenvalue weighted by molar-refractivity contribution is 5.87. The number of ether oxygens (including phenoxy) is 3. The molecule has 1 N–H and O–H groups in total. The van der Waals surface area contributed by atoms with Crippen LogP contribution >= 0.6 is 0 Å². The molecule has 2 bridgehead atoms. The van der Waals surface area contributed by atoms with Crippen molar-refractivity contribution in [3.8, 4) is 11.5 Å². The van der Waals surface area contributed by atoms with Crippen LogP contribution in [0.5, 0.6) is 11.5 Å². The Morgan fingerprint density at radius 2 is 1.84 bits per heavy atom. The van der Waals surface area contributed by atoms with Crippen molar-refractivity contribution in [2.75, 3.05) is 21.3 Å². The van der Waals surface area contributed by atoms with Crippen molar-refractivity contribution in [3.63, 3.8) is 0 Å². The van der Waals surface area contributed by atoms with Crippen LogP contribution in [0.4, 0.5) is 0 Å². The second-order valence-corrected chi connectivity index (χ2v) is 6.86. The maximum Gasteiger partial charge on any atom is 0.333 e. The molecule has 0 aliphatic heterocycles. The fourth-order valence-electron chi connectivity index (χ4n) is 4.24. The van der Waals surface area contributed by atoms with Crippen LogP contribution in [0.1, 0.15) is 37.3 Å². The standard InChI is InChI=1S/C19H25NO5/c1-23-15-7-6-13(10-16(15)24-2)17(19(22)25-3)20-18(21)14-9-11-4-5-12(14)8-11/h6-7,10-12,14,17H,4-5,8-9H2,1-3H3,(H,20,21)/t11-,12-,14+,17-/m0/s1. The Bertz CT molecular complexity index is 659. The van der Waals surface area contributed by atoms with Gasteiger partial charge in [0, 0.05) is 5.92 Å². The number of benzene rings is 1. The molecule has 6 nitrogen and oxygen atoms in total. The lowest BCUT2D eigenvalue weighted by Gasteiger charge is -2.24. The summed E-state index contributed by atoms with van der Waals surface area (Å²) in [6.07, 6.45) is 4.40. The molecule has 4 atom stereocenters. The minimum atomic E-state index is -0.851. The molecule has 1 aromatic carbocycles. The van der Waals surface area contributed by atoms with Crippen molar-refractivity contribution < 1.29 is 23.8 Å². The van der Waals surface area contributed by atoms with Gasteiger partial charge in [-0.1, -0.05) is 12.5 Å². The van der Waals surface area contributed by atoms with Gasteiger partial charge in [0.05, 0.1) is 21.3 Å². The predicted octanol–water partition coefficient (Wildman–Crippen LogP) is 2.47. The molecule has 0 aromatic heterocycles. The first-order chi connectivity index (χ1) is 12.1. The van der Waals surface area contributed by atoms with Gasteiger partial charge in [0.25, 0.3) is 0 Å². The van der Waals surface area contributed by atoms with Gasteiger partial charge in [0.2, 0.25) is 5.91 Å². The Kier molecular flexibility index (Phi) is 5.16. The molecule has 2 aliphatic carbocycles. The summed E-state index contributed by atoms with van der Waals surface area (Å²) in [4.78, 5) is 25.0. The minimum Gasteiger partial charge on any atom is -0.493 e. The highest BCUT2D eigenvalue weighted by Gasteiger charge is 2.44. The van der Waals surface area contributed by atoms with E-state index in [1.54, 1.807) is 25.3 Å². The van der Waals surface area contributed by atoms with Gasteiger partial charge in [0.15, 0.2) is 17.5 Å². The monoisotopic (exact) mass is 347 g/mol. The maximum atomic E-state index is 12.7. The molecule has 25 heavy (non-hydrogen) atoms. The zero-order valence-corrected chi connectivity index (χ0v) is 14.9. The number of methoxy groups -OCH3 is 3. The molecule has 2 fully saturated rings. The third-order valence-electron chi connectivity index (χ3n) is 5.54. The summed E-state index contributed by atoms with van der Waals surface area (Å²) >= 11 is 0. The van der Waals surface area contributed by atoms with E-state index >= 15 is 0 Å². The molecule has 6 heteroatoms. The number of rotatable bonds is 6. The predicted molar refractivity (Wildman–Crippen MR) is 91.4 cm³/mol. The van der Waals surface area contributed by atoms with Crippen molar-refractivity contribution in [3.05, 3.63) is 23.8 Å². The molecule has 1 aromatic rings. The number of hydrogen-bond acceptors (Lipinski definition) is 5. The molecule has 0 saturated heterocycles. The maximum absolute atomic E-state index is 12.7. The van der Waals surface area contributed by atoms with Crippen LogP contribution in [0.3, 0.4) is 0 Å². The zero-order valence-electron chi connectivity index (χ0n) is 14.9. The summed E-state index contributed by atoms with van der Waals surface area (Å²) in [5.41, 5.74) is 0.612. The Morgan fingerprint density at radius 3 is 2.40 bits per heavy atom. The van der Waals surface area contributed by atoms with Crippen LogP contribution in [0.25, 0.3) is 0 Å². The molecule has 3 rings (SSSR count). The molecule has 0 heterocycles. The van der Waals surface area contributed by atoms with Crippen LogP contribution < -0.4 is 14.8 Å². The first-order valence-corrected chi connectivity index (χ1v) is 8.67. The lowest BCUT2D eigenvalue weighted by molar-refractivity contribution is -0.146. The lowest BCUT2D eigenvalue weighted by Crippen LogP contribution is -2.39. The molecule has 0 radical (unpaired) electrons. The Labute approximate surface area is 147 Å². The second-order valence-electron chi connectivity index (χ2n) is 6.86. The number of nitrogens with one attached hydrogen (secondary N) is 1. The summed E-state index contributed by atoms with van der Waals surface area (Å²) in [7, 11) is 4.40. The Morgan fingerprint density at radius 1 is 1.08 bits per heavy atom. The van der Waals surface area contributed by atoms with Gasteiger partial charge in [-0.3, -0.25) is 4.79 Å². The third-order valence-corrected chi connectivity index (χ3v) is 5.54. The van der Waals surface area contributed by atoms with E-state index in [1.165, 1.54) is 20.6 Å². The van der Waals surface area contributed by atoms with Crippen LogP contribution in [-0.4, -0.2) is 33.2 Å². The molecule has 1 amide bonds. The smallest absolute Gasteiger partial charge is 0.333 e.